The third kappa shape index (κ3) is 3.68. The Labute approximate surface area is 174 Å². The van der Waals surface area contributed by atoms with Gasteiger partial charge in [-0.15, -0.1) is 0 Å². The van der Waals surface area contributed by atoms with E-state index >= 15 is 0 Å². The van der Waals surface area contributed by atoms with Crippen LogP contribution in [0.25, 0.3) is 5.57 Å². The predicted octanol–water partition coefficient (Wildman–Crippen LogP) is 3.00. The molecule has 2 aliphatic rings. The Morgan fingerprint density at radius 3 is 2.53 bits per heavy atom. The van der Waals surface area contributed by atoms with Gasteiger partial charge in [-0.1, -0.05) is 13.0 Å². The molecule has 1 atom stereocenters. The molecular formula is C22H22N4O4. The molecule has 1 fully saturated rings. The van der Waals surface area contributed by atoms with Crippen molar-refractivity contribution in [1.29, 1.82) is 0 Å². The highest BCUT2D eigenvalue weighted by Crippen LogP contribution is 2.35. The molecule has 154 valence electrons. The van der Waals surface area contributed by atoms with Crippen LogP contribution in [0, 0.1) is 16.0 Å². The van der Waals surface area contributed by atoms with Crippen molar-refractivity contribution >= 4 is 23.1 Å². The first-order valence-electron chi connectivity index (χ1n) is 9.96. The molecule has 30 heavy (non-hydrogen) atoms. The number of benzene rings is 1. The Morgan fingerprint density at radius 2 is 1.90 bits per heavy atom. The number of rotatable bonds is 5. The molecule has 0 spiro atoms. The Kier molecular flexibility index (Phi) is 5.31. The Morgan fingerprint density at radius 1 is 1.13 bits per heavy atom. The first kappa shape index (κ1) is 19.8. The quantitative estimate of drug-likeness (QED) is 0.430. The summed E-state index contributed by atoms with van der Waals surface area (Å²) in [7, 11) is 0. The van der Waals surface area contributed by atoms with Crippen molar-refractivity contribution in [2.45, 2.75) is 26.3 Å². The Hall–Kier alpha value is -3.55. The van der Waals surface area contributed by atoms with E-state index in [1.165, 1.54) is 29.2 Å². The number of amides is 2. The molecule has 3 heterocycles. The van der Waals surface area contributed by atoms with E-state index in [1.807, 2.05) is 11.0 Å². The van der Waals surface area contributed by atoms with Crippen molar-refractivity contribution in [3.8, 4) is 0 Å². The molecule has 8 nitrogen and oxygen atoms in total. The summed E-state index contributed by atoms with van der Waals surface area (Å²) in [5.74, 6) is -0.321. The smallest absolute Gasteiger partial charge is 0.278 e. The molecule has 1 saturated heterocycles. The summed E-state index contributed by atoms with van der Waals surface area (Å²) < 4.78 is 0. The van der Waals surface area contributed by atoms with Crippen molar-refractivity contribution in [3.63, 3.8) is 0 Å². The molecule has 0 N–H and O–H groups in total. The van der Waals surface area contributed by atoms with Crippen LogP contribution in [0.4, 0.5) is 5.69 Å². The maximum absolute atomic E-state index is 13.4. The number of piperidine rings is 1. The molecule has 4 rings (SSSR count). The lowest BCUT2D eigenvalue weighted by Crippen LogP contribution is -2.39. The SMILES string of the molecule is CC1CCCN(C2=C(c3ccc([N+](=O)[O-])cc3)C(=O)N(Cc3ccccn3)C2=O)C1. The first-order valence-corrected chi connectivity index (χ1v) is 9.96. The third-order valence-electron chi connectivity index (χ3n) is 5.53. The number of hydrogen-bond acceptors (Lipinski definition) is 6. The lowest BCUT2D eigenvalue weighted by Gasteiger charge is -2.33. The Balaban J connectivity index is 1.74. The van der Waals surface area contributed by atoms with Crippen molar-refractivity contribution in [2.75, 3.05) is 13.1 Å². The van der Waals surface area contributed by atoms with E-state index in [0.29, 0.717) is 41.5 Å². The Bertz CT molecular complexity index is 1020. The van der Waals surface area contributed by atoms with Gasteiger partial charge >= 0.3 is 0 Å². The number of hydrogen-bond donors (Lipinski definition) is 0. The van der Waals surface area contributed by atoms with Crippen LogP contribution in [-0.2, 0) is 16.1 Å². The number of likely N-dealkylation sites (tertiary alicyclic amines) is 1. The number of aromatic nitrogens is 1. The maximum atomic E-state index is 13.4. The highest BCUT2D eigenvalue weighted by molar-refractivity contribution is 6.35. The summed E-state index contributed by atoms with van der Waals surface area (Å²) >= 11 is 0. The van der Waals surface area contributed by atoms with E-state index in [-0.39, 0.29) is 18.1 Å². The zero-order chi connectivity index (χ0) is 21.3. The fourth-order valence-corrected chi connectivity index (χ4v) is 4.06. The number of imide groups is 1. The van der Waals surface area contributed by atoms with Gasteiger partial charge in [0.15, 0.2) is 0 Å². The lowest BCUT2D eigenvalue weighted by molar-refractivity contribution is -0.384. The van der Waals surface area contributed by atoms with Gasteiger partial charge < -0.3 is 4.90 Å². The molecule has 2 aliphatic heterocycles. The summed E-state index contributed by atoms with van der Waals surface area (Å²) in [6.45, 7) is 3.61. The number of nitro benzene ring substituents is 1. The minimum atomic E-state index is -0.486. The van der Waals surface area contributed by atoms with Crippen molar-refractivity contribution in [1.82, 2.24) is 14.8 Å². The van der Waals surface area contributed by atoms with Crippen molar-refractivity contribution in [3.05, 3.63) is 75.7 Å². The van der Waals surface area contributed by atoms with Crippen LogP contribution in [0.1, 0.15) is 31.0 Å². The molecule has 2 aromatic rings. The van der Waals surface area contributed by atoms with Crippen LogP contribution in [0.15, 0.2) is 54.4 Å². The second kappa shape index (κ2) is 8.06. The van der Waals surface area contributed by atoms with Crippen LogP contribution in [0.5, 0.6) is 0 Å². The van der Waals surface area contributed by atoms with Gasteiger partial charge in [0, 0.05) is 31.4 Å². The zero-order valence-corrected chi connectivity index (χ0v) is 16.7. The molecular weight excluding hydrogens is 384 g/mol. The standard InChI is InChI=1S/C22H22N4O4/c1-15-5-4-12-24(13-15)20-19(16-7-9-18(10-8-16)26(29)30)21(27)25(22(20)28)14-17-6-2-3-11-23-17/h2-3,6-11,15H,4-5,12-14H2,1H3. The topological polar surface area (TPSA) is 96.7 Å². The van der Waals surface area contributed by atoms with Crippen LogP contribution >= 0.6 is 0 Å². The van der Waals surface area contributed by atoms with Crippen LogP contribution in [0.3, 0.4) is 0 Å². The van der Waals surface area contributed by atoms with Gasteiger partial charge in [-0.3, -0.25) is 29.6 Å². The molecule has 1 aromatic heterocycles. The summed E-state index contributed by atoms with van der Waals surface area (Å²) in [5.41, 5.74) is 1.76. The van der Waals surface area contributed by atoms with E-state index in [4.69, 9.17) is 0 Å². The van der Waals surface area contributed by atoms with Gasteiger partial charge in [-0.05, 0) is 48.6 Å². The molecule has 1 unspecified atom stereocenters. The van der Waals surface area contributed by atoms with Gasteiger partial charge in [0.1, 0.15) is 5.70 Å². The van der Waals surface area contributed by atoms with Crippen LogP contribution in [0.2, 0.25) is 0 Å². The molecule has 0 bridgehead atoms. The highest BCUT2D eigenvalue weighted by Gasteiger charge is 2.42. The van der Waals surface area contributed by atoms with E-state index < -0.39 is 10.8 Å². The number of nitrogens with zero attached hydrogens (tertiary/aromatic N) is 4. The fourth-order valence-electron chi connectivity index (χ4n) is 4.06. The van der Waals surface area contributed by atoms with Crippen molar-refractivity contribution < 1.29 is 14.5 Å². The fraction of sp³-hybridized carbons (Fsp3) is 0.318. The number of carbonyl (C=O) groups is 2. The molecule has 8 heteroatoms. The van der Waals surface area contributed by atoms with E-state index in [1.54, 1.807) is 18.3 Å². The van der Waals surface area contributed by atoms with E-state index in [9.17, 15) is 19.7 Å². The summed E-state index contributed by atoms with van der Waals surface area (Å²) in [6, 6.07) is 11.2. The van der Waals surface area contributed by atoms with Crippen molar-refractivity contribution in [2.24, 2.45) is 5.92 Å². The third-order valence-corrected chi connectivity index (χ3v) is 5.53. The monoisotopic (exact) mass is 406 g/mol. The van der Waals surface area contributed by atoms with Crippen LogP contribution in [-0.4, -0.2) is 44.6 Å². The van der Waals surface area contributed by atoms with Gasteiger partial charge in [0.2, 0.25) is 0 Å². The molecule has 0 radical (unpaired) electrons. The lowest BCUT2D eigenvalue weighted by atomic mass is 9.97. The van der Waals surface area contributed by atoms with Gasteiger partial charge in [-0.2, -0.15) is 0 Å². The number of carbonyl (C=O) groups excluding carboxylic acids is 2. The number of pyridine rings is 1. The summed E-state index contributed by atoms with van der Waals surface area (Å²) in [5, 5.41) is 11.0. The van der Waals surface area contributed by atoms with Crippen LogP contribution < -0.4 is 0 Å². The number of non-ortho nitro benzene ring substituents is 1. The second-order valence-corrected chi connectivity index (χ2v) is 7.74. The first-order chi connectivity index (χ1) is 14.5. The zero-order valence-electron chi connectivity index (χ0n) is 16.7. The minimum absolute atomic E-state index is 0.0605. The van der Waals surface area contributed by atoms with Gasteiger partial charge in [-0.25, -0.2) is 0 Å². The average molecular weight is 406 g/mol. The average Bonchev–Trinajstić information content (AvgIpc) is 2.99. The summed E-state index contributed by atoms with van der Waals surface area (Å²) in [6.07, 6.45) is 3.65. The van der Waals surface area contributed by atoms with E-state index in [0.717, 1.165) is 12.8 Å². The van der Waals surface area contributed by atoms with Gasteiger partial charge in [0.05, 0.1) is 22.7 Å². The molecule has 1 aromatic carbocycles. The second-order valence-electron chi connectivity index (χ2n) is 7.74. The molecule has 2 amide bonds. The molecule has 0 saturated carbocycles. The van der Waals surface area contributed by atoms with E-state index in [2.05, 4.69) is 11.9 Å². The maximum Gasteiger partial charge on any atom is 0.278 e. The largest absolute Gasteiger partial charge is 0.366 e. The molecule has 0 aliphatic carbocycles. The minimum Gasteiger partial charge on any atom is -0.366 e. The predicted molar refractivity (Wildman–Crippen MR) is 110 cm³/mol. The normalized spacial score (nSPS) is 19.6. The number of nitro groups is 1. The summed E-state index contributed by atoms with van der Waals surface area (Å²) in [4.78, 5) is 44.6. The highest BCUT2D eigenvalue weighted by atomic mass is 16.6. The van der Waals surface area contributed by atoms with Gasteiger partial charge in [0.25, 0.3) is 17.5 Å².